The number of anilines is 1. The number of hydrogen-bond acceptors (Lipinski definition) is 5. The van der Waals surface area contributed by atoms with E-state index < -0.39 is 10.0 Å². The summed E-state index contributed by atoms with van der Waals surface area (Å²) in [5.74, 6) is 0.494. The molecule has 1 aliphatic heterocycles. The molecular weight excluding hydrogens is 304 g/mol. The van der Waals surface area contributed by atoms with Crippen LogP contribution >= 0.6 is 0 Å². The highest BCUT2D eigenvalue weighted by molar-refractivity contribution is 7.93. The van der Waals surface area contributed by atoms with Crippen LogP contribution in [0.3, 0.4) is 0 Å². The van der Waals surface area contributed by atoms with E-state index in [2.05, 4.69) is 15.1 Å². The number of aromatic nitrogens is 2. The average Bonchev–Trinajstić information content (AvgIpc) is 2.90. The Morgan fingerprint density at radius 3 is 2.77 bits per heavy atom. The first-order valence-electron chi connectivity index (χ1n) is 7.24. The molecule has 22 heavy (non-hydrogen) atoms. The average molecular weight is 324 g/mol. The first kappa shape index (κ1) is 15.1. The summed E-state index contributed by atoms with van der Waals surface area (Å²) in [5, 5.41) is 7.85. The molecule has 7 nitrogen and oxygen atoms in total. The summed E-state index contributed by atoms with van der Waals surface area (Å²) < 4.78 is 35.1. The normalized spacial score (nSPS) is 16.8. The summed E-state index contributed by atoms with van der Waals surface area (Å²) in [6.07, 6.45) is 2.93. The molecule has 0 unspecified atom stereocenters. The Hall–Kier alpha value is -1.80. The molecule has 0 saturated carbocycles. The maximum Gasteiger partial charge on any atom is 0.235 e. The van der Waals surface area contributed by atoms with Gasteiger partial charge in [0.15, 0.2) is 0 Å². The van der Waals surface area contributed by atoms with Gasteiger partial charge in [-0.25, -0.2) is 8.42 Å². The molecular formula is C14H20N4O3S. The Kier molecular flexibility index (Phi) is 3.96. The molecule has 0 aliphatic carbocycles. The van der Waals surface area contributed by atoms with E-state index in [1.165, 1.54) is 7.11 Å². The van der Waals surface area contributed by atoms with Crippen molar-refractivity contribution < 1.29 is 13.2 Å². The number of ether oxygens (including phenoxy) is 1. The second-order valence-electron chi connectivity index (χ2n) is 5.45. The topological polar surface area (TPSA) is 85.2 Å². The van der Waals surface area contributed by atoms with Crippen molar-refractivity contribution in [1.29, 1.82) is 0 Å². The molecule has 1 aliphatic rings. The van der Waals surface area contributed by atoms with Crippen LogP contribution in [0.2, 0.25) is 0 Å². The first-order chi connectivity index (χ1) is 10.5. The van der Waals surface area contributed by atoms with Gasteiger partial charge in [0, 0.05) is 12.4 Å². The van der Waals surface area contributed by atoms with E-state index in [1.807, 2.05) is 6.07 Å². The second-order valence-corrected chi connectivity index (χ2v) is 7.41. The molecule has 0 bridgehead atoms. The predicted octanol–water partition coefficient (Wildman–Crippen LogP) is 1.08. The fraction of sp³-hybridized carbons (Fsp3) is 0.500. The number of fused-ring (bicyclic) bond motifs is 1. The molecule has 120 valence electrons. The molecule has 1 aromatic heterocycles. The van der Waals surface area contributed by atoms with Crippen molar-refractivity contribution in [1.82, 2.24) is 15.1 Å². The van der Waals surface area contributed by atoms with Gasteiger partial charge in [0.2, 0.25) is 10.0 Å². The smallest absolute Gasteiger partial charge is 0.235 e. The third-order valence-electron chi connectivity index (χ3n) is 4.05. The Labute approximate surface area is 129 Å². The van der Waals surface area contributed by atoms with E-state index in [1.54, 1.807) is 24.0 Å². The number of sulfonamides is 1. The van der Waals surface area contributed by atoms with Crippen LogP contribution in [0.5, 0.6) is 5.75 Å². The summed E-state index contributed by atoms with van der Waals surface area (Å²) in [6, 6.07) is 3.62. The van der Waals surface area contributed by atoms with Crippen molar-refractivity contribution in [2.75, 3.05) is 24.9 Å². The van der Waals surface area contributed by atoms with Gasteiger partial charge >= 0.3 is 0 Å². The van der Waals surface area contributed by atoms with E-state index in [0.29, 0.717) is 24.3 Å². The number of methoxy groups -OCH3 is 1. The highest BCUT2D eigenvalue weighted by Crippen LogP contribution is 2.34. The minimum Gasteiger partial charge on any atom is -0.494 e. The molecule has 2 N–H and O–H groups in total. The monoisotopic (exact) mass is 324 g/mol. The molecule has 0 amide bonds. The van der Waals surface area contributed by atoms with E-state index in [0.717, 1.165) is 24.0 Å². The largest absolute Gasteiger partial charge is 0.494 e. The fourth-order valence-electron chi connectivity index (χ4n) is 2.85. The van der Waals surface area contributed by atoms with Gasteiger partial charge in [0.1, 0.15) is 11.4 Å². The lowest BCUT2D eigenvalue weighted by atomic mass is 10.2. The standard InChI is InChI=1S/C14H20N4O3S/c1-18-14-10(9-16-18)3-4-12(21-2)13(14)17-22(19,20)11-5-7-15-8-6-11/h3-4,9,11,15,17H,5-8H2,1-2H3. The lowest BCUT2D eigenvalue weighted by molar-refractivity contribution is 0.417. The van der Waals surface area contributed by atoms with Gasteiger partial charge < -0.3 is 10.1 Å². The van der Waals surface area contributed by atoms with Crippen LogP contribution in [0.15, 0.2) is 18.3 Å². The van der Waals surface area contributed by atoms with Crippen molar-refractivity contribution in [2.24, 2.45) is 7.05 Å². The molecule has 0 atom stereocenters. The fourth-order valence-corrected chi connectivity index (χ4v) is 4.35. The van der Waals surface area contributed by atoms with Crippen LogP contribution in [0.4, 0.5) is 5.69 Å². The number of benzene rings is 1. The number of rotatable bonds is 4. The molecule has 3 rings (SSSR count). The Bertz CT molecular complexity index is 779. The lowest BCUT2D eigenvalue weighted by Gasteiger charge is -2.24. The van der Waals surface area contributed by atoms with Gasteiger partial charge in [0.05, 0.1) is 24.1 Å². The number of aryl methyl sites for hydroxylation is 1. The molecule has 1 fully saturated rings. The molecule has 2 heterocycles. The van der Waals surface area contributed by atoms with Crippen LogP contribution in [0.25, 0.3) is 10.9 Å². The van der Waals surface area contributed by atoms with Crippen molar-refractivity contribution in [3.05, 3.63) is 18.3 Å². The zero-order valence-corrected chi connectivity index (χ0v) is 13.5. The number of nitrogens with one attached hydrogen (secondary N) is 2. The summed E-state index contributed by atoms with van der Waals surface area (Å²) >= 11 is 0. The summed E-state index contributed by atoms with van der Waals surface area (Å²) in [6.45, 7) is 1.44. The quantitative estimate of drug-likeness (QED) is 0.879. The third kappa shape index (κ3) is 2.64. The van der Waals surface area contributed by atoms with Gasteiger partial charge in [0.25, 0.3) is 0 Å². The first-order valence-corrected chi connectivity index (χ1v) is 8.78. The maximum absolute atomic E-state index is 12.7. The zero-order chi connectivity index (χ0) is 15.7. The van der Waals surface area contributed by atoms with Crippen LogP contribution in [0, 0.1) is 0 Å². The van der Waals surface area contributed by atoms with E-state index >= 15 is 0 Å². The highest BCUT2D eigenvalue weighted by Gasteiger charge is 2.29. The second kappa shape index (κ2) is 5.77. The van der Waals surface area contributed by atoms with Crippen molar-refractivity contribution in [3.63, 3.8) is 0 Å². The lowest BCUT2D eigenvalue weighted by Crippen LogP contribution is -2.38. The van der Waals surface area contributed by atoms with Crippen molar-refractivity contribution >= 4 is 26.6 Å². The van der Waals surface area contributed by atoms with Crippen molar-refractivity contribution in [3.8, 4) is 5.75 Å². The minimum absolute atomic E-state index is 0.387. The van der Waals surface area contributed by atoms with Crippen LogP contribution in [-0.2, 0) is 17.1 Å². The van der Waals surface area contributed by atoms with Gasteiger partial charge in [-0.15, -0.1) is 0 Å². The zero-order valence-electron chi connectivity index (χ0n) is 12.7. The van der Waals surface area contributed by atoms with Gasteiger partial charge in [-0.1, -0.05) is 0 Å². The maximum atomic E-state index is 12.7. The van der Waals surface area contributed by atoms with E-state index in [9.17, 15) is 8.42 Å². The highest BCUT2D eigenvalue weighted by atomic mass is 32.2. The number of hydrogen-bond donors (Lipinski definition) is 2. The molecule has 8 heteroatoms. The molecule has 0 radical (unpaired) electrons. The third-order valence-corrected chi connectivity index (χ3v) is 5.89. The Morgan fingerprint density at radius 1 is 1.36 bits per heavy atom. The van der Waals surface area contributed by atoms with E-state index in [-0.39, 0.29) is 5.25 Å². The van der Waals surface area contributed by atoms with Gasteiger partial charge in [-0.2, -0.15) is 5.10 Å². The number of piperidine rings is 1. The summed E-state index contributed by atoms with van der Waals surface area (Å²) in [5.41, 5.74) is 1.18. The van der Waals surface area contributed by atoms with Gasteiger partial charge in [-0.3, -0.25) is 9.40 Å². The molecule has 2 aromatic rings. The number of nitrogens with zero attached hydrogens (tertiary/aromatic N) is 2. The van der Waals surface area contributed by atoms with Crippen LogP contribution in [0.1, 0.15) is 12.8 Å². The predicted molar refractivity (Wildman–Crippen MR) is 85.7 cm³/mol. The molecule has 1 saturated heterocycles. The SMILES string of the molecule is COc1ccc2cnn(C)c2c1NS(=O)(=O)C1CCNCC1. The van der Waals surface area contributed by atoms with Gasteiger partial charge in [-0.05, 0) is 38.1 Å². The Morgan fingerprint density at radius 2 is 2.09 bits per heavy atom. The molecule has 0 spiro atoms. The Balaban J connectivity index is 2.03. The summed E-state index contributed by atoms with van der Waals surface area (Å²) in [4.78, 5) is 0. The van der Waals surface area contributed by atoms with E-state index in [4.69, 9.17) is 4.74 Å². The minimum atomic E-state index is -3.47. The van der Waals surface area contributed by atoms with Crippen LogP contribution < -0.4 is 14.8 Å². The molecule has 1 aromatic carbocycles. The van der Waals surface area contributed by atoms with Crippen LogP contribution in [-0.4, -0.2) is 43.6 Å². The van der Waals surface area contributed by atoms with Crippen molar-refractivity contribution in [2.45, 2.75) is 18.1 Å². The summed E-state index contributed by atoms with van der Waals surface area (Å²) in [7, 11) is -0.157.